The Kier molecular flexibility index (Phi) is 7.10. The summed E-state index contributed by atoms with van der Waals surface area (Å²) in [5.74, 6) is 0.207. The highest BCUT2D eigenvalue weighted by Crippen LogP contribution is 2.32. The molecule has 1 heterocycles. The van der Waals surface area contributed by atoms with Crippen LogP contribution in [0.15, 0.2) is 18.2 Å². The van der Waals surface area contributed by atoms with Crippen LogP contribution in [0.2, 0.25) is 5.02 Å². The summed E-state index contributed by atoms with van der Waals surface area (Å²) in [5.41, 5.74) is 0.602. The van der Waals surface area contributed by atoms with E-state index in [9.17, 15) is 13.5 Å². The van der Waals surface area contributed by atoms with Crippen molar-refractivity contribution in [3.8, 4) is 5.75 Å². The van der Waals surface area contributed by atoms with E-state index < -0.39 is 22.1 Å². The van der Waals surface area contributed by atoms with Crippen LogP contribution in [0.25, 0.3) is 0 Å². The van der Waals surface area contributed by atoms with E-state index in [2.05, 4.69) is 11.9 Å². The van der Waals surface area contributed by atoms with E-state index in [1.54, 1.807) is 25.1 Å². The number of halogens is 1. The van der Waals surface area contributed by atoms with E-state index in [4.69, 9.17) is 20.5 Å². The zero-order chi connectivity index (χ0) is 18.6. The van der Waals surface area contributed by atoms with Crippen LogP contribution in [0.3, 0.4) is 0 Å². The first-order chi connectivity index (χ1) is 11.7. The van der Waals surface area contributed by atoms with E-state index in [1.807, 2.05) is 0 Å². The minimum absolute atomic E-state index is 0.0918. The summed E-state index contributed by atoms with van der Waals surface area (Å²) >= 11 is 6.30. The molecule has 1 fully saturated rings. The van der Waals surface area contributed by atoms with E-state index in [-0.39, 0.29) is 12.7 Å². The number of benzene rings is 1. The lowest BCUT2D eigenvalue weighted by molar-refractivity contribution is 0.0865. The fraction of sp³-hybridized carbons (Fsp3) is 0.647. The molecule has 2 rings (SSSR count). The van der Waals surface area contributed by atoms with Gasteiger partial charge in [-0.2, -0.15) is 8.42 Å². The van der Waals surface area contributed by atoms with Gasteiger partial charge in [0.05, 0.1) is 24.0 Å². The van der Waals surface area contributed by atoms with Gasteiger partial charge in [0.15, 0.2) is 0 Å². The molecule has 0 aromatic heterocycles. The summed E-state index contributed by atoms with van der Waals surface area (Å²) < 4.78 is 32.8. The maximum atomic E-state index is 11.1. The molecule has 25 heavy (non-hydrogen) atoms. The normalized spacial score (nSPS) is 19.6. The molecule has 1 aromatic rings. The van der Waals surface area contributed by atoms with Gasteiger partial charge in [-0.1, -0.05) is 24.6 Å². The highest BCUT2D eigenvalue weighted by molar-refractivity contribution is 7.85. The standard InChI is InChI=1S/C17H26ClNO5S/c1-12(11-23-25(3,21)22)17(20)13-4-5-16(15(18)10-13)24-14-6-8-19(2)9-7-14/h4-5,10,12,14,17,20H,6-9,11H2,1-3H3/t12-,17+/m1/s1. The van der Waals surface area contributed by atoms with E-state index in [0.29, 0.717) is 16.3 Å². The summed E-state index contributed by atoms with van der Waals surface area (Å²) in [6.45, 7) is 3.62. The number of nitrogens with zero attached hydrogens (tertiary/aromatic N) is 1. The van der Waals surface area contributed by atoms with Crippen LogP contribution in [0.1, 0.15) is 31.4 Å². The first-order valence-electron chi connectivity index (χ1n) is 8.33. The smallest absolute Gasteiger partial charge is 0.264 e. The molecule has 1 saturated heterocycles. The summed E-state index contributed by atoms with van der Waals surface area (Å²) in [6.07, 6.45) is 2.16. The van der Waals surface area contributed by atoms with E-state index in [0.717, 1.165) is 32.2 Å². The van der Waals surface area contributed by atoms with Crippen LogP contribution in [-0.2, 0) is 14.3 Å². The molecule has 1 aliphatic heterocycles. The summed E-state index contributed by atoms with van der Waals surface area (Å²) in [4.78, 5) is 2.26. The average Bonchev–Trinajstić information content (AvgIpc) is 2.55. The average molecular weight is 392 g/mol. The molecule has 142 valence electrons. The van der Waals surface area contributed by atoms with Crippen LogP contribution in [0, 0.1) is 5.92 Å². The molecule has 0 spiro atoms. The number of hydrogen-bond acceptors (Lipinski definition) is 6. The first-order valence-corrected chi connectivity index (χ1v) is 10.5. The highest BCUT2D eigenvalue weighted by atomic mass is 35.5. The van der Waals surface area contributed by atoms with Crippen molar-refractivity contribution in [1.29, 1.82) is 0 Å². The molecule has 0 saturated carbocycles. The van der Waals surface area contributed by atoms with Crippen molar-refractivity contribution in [3.63, 3.8) is 0 Å². The second-order valence-corrected chi connectivity index (χ2v) is 8.77. The maximum absolute atomic E-state index is 11.1. The third kappa shape index (κ3) is 6.42. The quantitative estimate of drug-likeness (QED) is 0.719. The number of aliphatic hydroxyl groups is 1. The second-order valence-electron chi connectivity index (χ2n) is 6.72. The Morgan fingerprint density at radius 3 is 2.56 bits per heavy atom. The SMILES string of the molecule is C[C@H](COS(C)(=O)=O)[C@H](O)c1ccc(OC2CCN(C)CC2)c(Cl)c1. The van der Waals surface area contributed by atoms with Crippen LogP contribution >= 0.6 is 11.6 Å². The van der Waals surface area contributed by atoms with Gasteiger partial charge in [0, 0.05) is 19.0 Å². The van der Waals surface area contributed by atoms with Gasteiger partial charge < -0.3 is 14.7 Å². The topological polar surface area (TPSA) is 76.1 Å². The van der Waals surface area contributed by atoms with E-state index in [1.165, 1.54) is 0 Å². The number of aliphatic hydroxyl groups excluding tert-OH is 1. The predicted octanol–water partition coefficient (Wildman–Crippen LogP) is 2.46. The second kappa shape index (κ2) is 8.68. The monoisotopic (exact) mass is 391 g/mol. The molecular weight excluding hydrogens is 366 g/mol. The number of rotatable bonds is 7. The van der Waals surface area contributed by atoms with Crippen molar-refractivity contribution >= 4 is 21.7 Å². The molecule has 0 radical (unpaired) electrons. The van der Waals surface area contributed by atoms with Gasteiger partial charge in [-0.25, -0.2) is 0 Å². The van der Waals surface area contributed by atoms with Gasteiger partial charge in [-0.15, -0.1) is 0 Å². The Morgan fingerprint density at radius 2 is 2.00 bits per heavy atom. The largest absolute Gasteiger partial charge is 0.489 e. The molecule has 8 heteroatoms. The van der Waals surface area contributed by atoms with Gasteiger partial charge >= 0.3 is 0 Å². The van der Waals surface area contributed by atoms with Crippen LogP contribution in [-0.4, -0.2) is 57.5 Å². The third-order valence-corrected chi connectivity index (χ3v) is 5.20. The molecule has 0 amide bonds. The third-order valence-electron chi connectivity index (χ3n) is 4.34. The maximum Gasteiger partial charge on any atom is 0.264 e. The van der Waals surface area contributed by atoms with Crippen LogP contribution in [0.5, 0.6) is 5.75 Å². The number of ether oxygens (including phenoxy) is 1. The molecule has 2 atom stereocenters. The lowest BCUT2D eigenvalue weighted by Crippen LogP contribution is -2.35. The highest BCUT2D eigenvalue weighted by Gasteiger charge is 2.22. The van der Waals surface area contributed by atoms with Gasteiger partial charge in [0.1, 0.15) is 11.9 Å². The van der Waals surface area contributed by atoms with Crippen molar-refractivity contribution in [2.45, 2.75) is 32.0 Å². The van der Waals surface area contributed by atoms with Gasteiger partial charge in [0.2, 0.25) is 0 Å². The Balaban J connectivity index is 1.98. The van der Waals surface area contributed by atoms with Gasteiger partial charge in [0.25, 0.3) is 10.1 Å². The molecular formula is C17H26ClNO5S. The molecule has 1 aromatic carbocycles. The molecule has 0 unspecified atom stereocenters. The Hall–Kier alpha value is -0.860. The fourth-order valence-electron chi connectivity index (χ4n) is 2.73. The zero-order valence-electron chi connectivity index (χ0n) is 14.8. The summed E-state index contributed by atoms with van der Waals surface area (Å²) in [6, 6.07) is 5.16. The van der Waals surface area contributed by atoms with Crippen molar-refractivity contribution in [2.24, 2.45) is 5.92 Å². The molecule has 1 aliphatic rings. The Morgan fingerprint density at radius 1 is 1.36 bits per heavy atom. The summed E-state index contributed by atoms with van der Waals surface area (Å²) in [7, 11) is -1.44. The number of hydrogen-bond donors (Lipinski definition) is 1. The molecule has 6 nitrogen and oxygen atoms in total. The van der Waals surface area contributed by atoms with Crippen molar-refractivity contribution in [3.05, 3.63) is 28.8 Å². The van der Waals surface area contributed by atoms with Crippen molar-refractivity contribution in [1.82, 2.24) is 4.90 Å². The lowest BCUT2D eigenvalue weighted by Gasteiger charge is -2.29. The molecule has 0 bridgehead atoms. The predicted molar refractivity (Wildman–Crippen MR) is 97.5 cm³/mol. The number of piperidine rings is 1. The first kappa shape index (κ1) is 20.5. The van der Waals surface area contributed by atoms with Gasteiger partial charge in [-0.05, 0) is 37.6 Å². The minimum atomic E-state index is -3.53. The Labute approximate surface area is 154 Å². The summed E-state index contributed by atoms with van der Waals surface area (Å²) in [5, 5.41) is 10.8. The van der Waals surface area contributed by atoms with E-state index >= 15 is 0 Å². The zero-order valence-corrected chi connectivity index (χ0v) is 16.4. The Bertz CT molecular complexity index is 674. The molecule has 1 N–H and O–H groups in total. The minimum Gasteiger partial charge on any atom is -0.489 e. The number of likely N-dealkylation sites (tertiary alicyclic amines) is 1. The fourth-order valence-corrected chi connectivity index (χ4v) is 3.42. The van der Waals surface area contributed by atoms with Crippen molar-refractivity contribution < 1.29 is 22.4 Å². The van der Waals surface area contributed by atoms with Gasteiger partial charge in [-0.3, -0.25) is 4.18 Å². The molecule has 0 aliphatic carbocycles. The van der Waals surface area contributed by atoms with Crippen LogP contribution in [0.4, 0.5) is 0 Å². The lowest BCUT2D eigenvalue weighted by atomic mass is 9.98. The van der Waals surface area contributed by atoms with Crippen LogP contribution < -0.4 is 4.74 Å². The van der Waals surface area contributed by atoms with Crippen molar-refractivity contribution in [2.75, 3.05) is 33.0 Å².